The molecule has 0 saturated heterocycles. The van der Waals surface area contributed by atoms with E-state index < -0.39 is 0 Å². The van der Waals surface area contributed by atoms with Gasteiger partial charge in [-0.1, -0.05) is 26.2 Å². The second kappa shape index (κ2) is 4.04. The van der Waals surface area contributed by atoms with Crippen molar-refractivity contribution in [2.75, 3.05) is 5.75 Å². The van der Waals surface area contributed by atoms with Crippen molar-refractivity contribution in [2.24, 2.45) is 11.8 Å². The van der Waals surface area contributed by atoms with Gasteiger partial charge >= 0.3 is 0 Å². The molecule has 2 fully saturated rings. The van der Waals surface area contributed by atoms with Crippen LogP contribution in [0.2, 0.25) is 0 Å². The molecule has 0 nitrogen and oxygen atoms in total. The minimum Gasteiger partial charge on any atom is -0.158 e. The third-order valence-corrected chi connectivity index (χ3v) is 4.92. The third kappa shape index (κ3) is 2.42. The van der Waals surface area contributed by atoms with Crippen LogP contribution in [0, 0.1) is 11.8 Å². The molecule has 0 aromatic carbocycles. The molecular formula is C11H20S. The Morgan fingerprint density at radius 2 is 1.83 bits per heavy atom. The predicted octanol–water partition coefficient (Wildman–Crippen LogP) is 3.71. The fraction of sp³-hybridized carbons (Fsp3) is 1.00. The highest BCUT2D eigenvalue weighted by atomic mass is 32.2. The normalized spacial score (nSPS) is 36.8. The first-order chi connectivity index (χ1) is 5.86. The third-order valence-electron chi connectivity index (χ3n) is 3.36. The number of hydrogen-bond acceptors (Lipinski definition) is 1. The van der Waals surface area contributed by atoms with Crippen LogP contribution in [-0.4, -0.2) is 11.0 Å². The topological polar surface area (TPSA) is 0 Å². The van der Waals surface area contributed by atoms with Crippen molar-refractivity contribution in [3.63, 3.8) is 0 Å². The average molecular weight is 184 g/mol. The van der Waals surface area contributed by atoms with Gasteiger partial charge in [-0.25, -0.2) is 0 Å². The molecule has 0 heterocycles. The van der Waals surface area contributed by atoms with Crippen LogP contribution >= 0.6 is 11.8 Å². The van der Waals surface area contributed by atoms with Gasteiger partial charge in [-0.15, -0.1) is 0 Å². The van der Waals surface area contributed by atoms with Gasteiger partial charge in [0.1, 0.15) is 0 Å². The Morgan fingerprint density at radius 3 is 2.50 bits per heavy atom. The van der Waals surface area contributed by atoms with Gasteiger partial charge in [0.05, 0.1) is 0 Å². The van der Waals surface area contributed by atoms with Crippen molar-refractivity contribution in [3.8, 4) is 0 Å². The van der Waals surface area contributed by atoms with E-state index in [0.29, 0.717) is 0 Å². The summed E-state index contributed by atoms with van der Waals surface area (Å²) in [6, 6.07) is 0. The molecule has 0 amide bonds. The average Bonchev–Trinajstić information content (AvgIpc) is 2.86. The van der Waals surface area contributed by atoms with Crippen LogP contribution < -0.4 is 0 Å². The molecule has 0 radical (unpaired) electrons. The summed E-state index contributed by atoms with van der Waals surface area (Å²) in [7, 11) is 0. The molecule has 2 aliphatic carbocycles. The van der Waals surface area contributed by atoms with Crippen molar-refractivity contribution in [2.45, 2.75) is 50.7 Å². The highest BCUT2D eigenvalue weighted by Crippen LogP contribution is 2.39. The summed E-state index contributed by atoms with van der Waals surface area (Å²) in [4.78, 5) is 0. The molecule has 2 saturated carbocycles. The van der Waals surface area contributed by atoms with Gasteiger partial charge < -0.3 is 0 Å². The maximum absolute atomic E-state index is 2.46. The second-order valence-corrected chi connectivity index (χ2v) is 5.89. The van der Waals surface area contributed by atoms with Gasteiger partial charge in [0.2, 0.25) is 0 Å². The summed E-state index contributed by atoms with van der Waals surface area (Å²) in [6.07, 6.45) is 9.01. The quantitative estimate of drug-likeness (QED) is 0.644. The Kier molecular flexibility index (Phi) is 3.00. The van der Waals surface area contributed by atoms with Gasteiger partial charge in [0.25, 0.3) is 0 Å². The fourth-order valence-electron chi connectivity index (χ4n) is 2.14. The lowest BCUT2D eigenvalue weighted by molar-refractivity contribution is 0.282. The molecule has 0 bridgehead atoms. The maximum Gasteiger partial charge on any atom is 0.00479 e. The zero-order chi connectivity index (χ0) is 8.39. The summed E-state index contributed by atoms with van der Waals surface area (Å²) in [5.74, 6) is 3.54. The molecule has 0 aromatic heterocycles. The Labute approximate surface area is 80.5 Å². The number of thioether (sulfide) groups is 1. The Morgan fingerprint density at radius 1 is 1.08 bits per heavy atom. The van der Waals surface area contributed by atoms with E-state index in [1.807, 2.05) is 0 Å². The smallest absolute Gasteiger partial charge is 0.00479 e. The summed E-state index contributed by atoms with van der Waals surface area (Å²) in [5.41, 5.74) is 0. The highest BCUT2D eigenvalue weighted by Gasteiger charge is 2.26. The van der Waals surface area contributed by atoms with Crippen molar-refractivity contribution in [1.82, 2.24) is 0 Å². The van der Waals surface area contributed by atoms with Gasteiger partial charge in [-0.2, -0.15) is 11.8 Å². The molecule has 2 aliphatic rings. The Bertz CT molecular complexity index is 140. The SMILES string of the molecule is CC1CCCCC1CSC1CC1. The molecule has 2 unspecified atom stereocenters. The van der Waals surface area contributed by atoms with Gasteiger partial charge in [-0.05, 0) is 36.9 Å². The highest BCUT2D eigenvalue weighted by molar-refractivity contribution is 8.00. The van der Waals surface area contributed by atoms with E-state index in [1.54, 1.807) is 0 Å². The number of hydrogen-bond donors (Lipinski definition) is 0. The van der Waals surface area contributed by atoms with E-state index in [-0.39, 0.29) is 0 Å². The summed E-state index contributed by atoms with van der Waals surface area (Å²) >= 11 is 2.25. The van der Waals surface area contributed by atoms with Crippen molar-refractivity contribution in [3.05, 3.63) is 0 Å². The molecule has 0 aromatic rings. The van der Waals surface area contributed by atoms with Crippen LogP contribution in [0.15, 0.2) is 0 Å². The molecule has 2 atom stereocenters. The van der Waals surface area contributed by atoms with E-state index in [9.17, 15) is 0 Å². The predicted molar refractivity (Wildman–Crippen MR) is 56.6 cm³/mol. The van der Waals surface area contributed by atoms with Gasteiger partial charge in [0, 0.05) is 5.25 Å². The molecule has 2 rings (SSSR count). The van der Waals surface area contributed by atoms with Gasteiger partial charge in [-0.3, -0.25) is 0 Å². The lowest BCUT2D eigenvalue weighted by atomic mass is 9.82. The lowest BCUT2D eigenvalue weighted by Crippen LogP contribution is -2.18. The molecule has 0 aliphatic heterocycles. The van der Waals surface area contributed by atoms with Crippen LogP contribution in [0.4, 0.5) is 0 Å². The maximum atomic E-state index is 2.46. The molecular weight excluding hydrogens is 164 g/mol. The van der Waals surface area contributed by atoms with Crippen LogP contribution in [0.1, 0.15) is 45.4 Å². The second-order valence-electron chi connectivity index (χ2n) is 4.55. The zero-order valence-electron chi connectivity index (χ0n) is 8.09. The first-order valence-corrected chi connectivity index (χ1v) is 6.53. The first-order valence-electron chi connectivity index (χ1n) is 5.48. The van der Waals surface area contributed by atoms with E-state index in [2.05, 4.69) is 18.7 Å². The summed E-state index contributed by atoms with van der Waals surface area (Å²) in [5, 5.41) is 1.07. The van der Waals surface area contributed by atoms with Crippen molar-refractivity contribution >= 4 is 11.8 Å². The standard InChI is InChI=1S/C11H20S/c1-9-4-2-3-5-10(9)8-12-11-6-7-11/h9-11H,2-8H2,1H3. The van der Waals surface area contributed by atoms with Crippen LogP contribution in [-0.2, 0) is 0 Å². The lowest BCUT2D eigenvalue weighted by Gasteiger charge is -2.28. The van der Waals surface area contributed by atoms with Gasteiger partial charge in [0.15, 0.2) is 0 Å². The fourth-order valence-corrected chi connectivity index (χ4v) is 3.62. The summed E-state index contributed by atoms with van der Waals surface area (Å²) in [6.45, 7) is 2.46. The molecule has 1 heteroatoms. The minimum absolute atomic E-state index is 1.02. The Hall–Kier alpha value is 0.350. The molecule has 12 heavy (non-hydrogen) atoms. The van der Waals surface area contributed by atoms with Crippen LogP contribution in [0.5, 0.6) is 0 Å². The zero-order valence-corrected chi connectivity index (χ0v) is 8.91. The minimum atomic E-state index is 1.02. The van der Waals surface area contributed by atoms with E-state index in [1.165, 1.54) is 44.3 Å². The van der Waals surface area contributed by atoms with E-state index in [4.69, 9.17) is 0 Å². The molecule has 70 valence electrons. The monoisotopic (exact) mass is 184 g/mol. The first kappa shape index (κ1) is 8.93. The van der Waals surface area contributed by atoms with Crippen LogP contribution in [0.3, 0.4) is 0 Å². The largest absolute Gasteiger partial charge is 0.158 e. The van der Waals surface area contributed by atoms with Crippen molar-refractivity contribution in [1.29, 1.82) is 0 Å². The van der Waals surface area contributed by atoms with Crippen molar-refractivity contribution < 1.29 is 0 Å². The van der Waals surface area contributed by atoms with E-state index >= 15 is 0 Å². The Balaban J connectivity index is 1.68. The van der Waals surface area contributed by atoms with E-state index in [0.717, 1.165) is 17.1 Å². The summed E-state index contributed by atoms with van der Waals surface area (Å²) < 4.78 is 0. The molecule has 0 N–H and O–H groups in total. The van der Waals surface area contributed by atoms with Crippen LogP contribution in [0.25, 0.3) is 0 Å². The molecule has 0 spiro atoms. The number of rotatable bonds is 3.